The zero-order valence-corrected chi connectivity index (χ0v) is 12.2. The number of nitrogens with one attached hydrogen (secondary N) is 1. The Kier molecular flexibility index (Phi) is 5.35. The van der Waals surface area contributed by atoms with Crippen LogP contribution in [0.25, 0.3) is 0 Å². The zero-order chi connectivity index (χ0) is 14.5. The third-order valence-electron chi connectivity index (χ3n) is 2.54. The van der Waals surface area contributed by atoms with Gasteiger partial charge in [-0.3, -0.25) is 4.72 Å². The van der Waals surface area contributed by atoms with Gasteiger partial charge in [-0.1, -0.05) is 13.8 Å². The quantitative estimate of drug-likeness (QED) is 0.814. The molecular weight excluding hydrogens is 266 g/mol. The minimum absolute atomic E-state index is 0.0867. The lowest BCUT2D eigenvalue weighted by Gasteiger charge is -2.09. The molecule has 5 nitrogen and oxygen atoms in total. The van der Waals surface area contributed by atoms with Crippen molar-refractivity contribution in [3.63, 3.8) is 0 Å². The van der Waals surface area contributed by atoms with Crippen LogP contribution in [0, 0.1) is 5.92 Å². The Morgan fingerprint density at radius 1 is 1.26 bits per heavy atom. The predicted octanol–water partition coefficient (Wildman–Crippen LogP) is 2.26. The Labute approximate surface area is 114 Å². The first-order valence-corrected chi connectivity index (χ1v) is 7.68. The van der Waals surface area contributed by atoms with Crippen molar-refractivity contribution in [2.45, 2.75) is 20.3 Å². The fourth-order valence-corrected chi connectivity index (χ4v) is 2.79. The fourth-order valence-electron chi connectivity index (χ4n) is 1.41. The molecule has 0 heterocycles. The van der Waals surface area contributed by atoms with Gasteiger partial charge in [-0.15, -0.1) is 0 Å². The van der Waals surface area contributed by atoms with Gasteiger partial charge in [0.25, 0.3) is 0 Å². The van der Waals surface area contributed by atoms with Gasteiger partial charge in [-0.2, -0.15) is 0 Å². The van der Waals surface area contributed by atoms with Gasteiger partial charge in [-0.05, 0) is 36.6 Å². The van der Waals surface area contributed by atoms with E-state index in [0.717, 1.165) is 0 Å². The highest BCUT2D eigenvalue weighted by Crippen LogP contribution is 2.13. The van der Waals surface area contributed by atoms with Crippen LogP contribution in [0.1, 0.15) is 30.6 Å². The average Bonchev–Trinajstić information content (AvgIpc) is 2.36. The molecule has 0 aliphatic rings. The van der Waals surface area contributed by atoms with E-state index >= 15 is 0 Å². The molecule has 1 aromatic rings. The summed E-state index contributed by atoms with van der Waals surface area (Å²) in [6.45, 7) is 3.95. The summed E-state index contributed by atoms with van der Waals surface area (Å²) in [7, 11) is -2.04. The number of methoxy groups -OCH3 is 1. The summed E-state index contributed by atoms with van der Waals surface area (Å²) in [4.78, 5) is 11.2. The van der Waals surface area contributed by atoms with Crippen LogP contribution in [0.15, 0.2) is 24.3 Å². The molecule has 0 saturated carbocycles. The molecule has 0 fully saturated rings. The maximum atomic E-state index is 11.8. The van der Waals surface area contributed by atoms with Crippen molar-refractivity contribution in [2.75, 3.05) is 17.6 Å². The SMILES string of the molecule is COC(=O)c1ccc(NS(=O)(=O)CCC(C)C)cc1. The molecule has 1 rings (SSSR count). The molecule has 0 unspecified atom stereocenters. The van der Waals surface area contributed by atoms with Gasteiger partial charge in [-0.25, -0.2) is 13.2 Å². The van der Waals surface area contributed by atoms with Gasteiger partial charge < -0.3 is 4.74 Å². The van der Waals surface area contributed by atoms with Crippen molar-refractivity contribution >= 4 is 21.7 Å². The van der Waals surface area contributed by atoms with Gasteiger partial charge in [0.1, 0.15) is 0 Å². The summed E-state index contributed by atoms with van der Waals surface area (Å²) < 4.78 is 30.6. The lowest BCUT2D eigenvalue weighted by atomic mass is 10.2. The number of benzene rings is 1. The van der Waals surface area contributed by atoms with E-state index < -0.39 is 16.0 Å². The van der Waals surface area contributed by atoms with E-state index in [1.54, 1.807) is 12.1 Å². The summed E-state index contributed by atoms with van der Waals surface area (Å²) in [5.74, 6) is -0.0313. The van der Waals surface area contributed by atoms with Crippen molar-refractivity contribution in [1.29, 1.82) is 0 Å². The predicted molar refractivity (Wildman–Crippen MR) is 74.6 cm³/mol. The topological polar surface area (TPSA) is 72.5 Å². The van der Waals surface area contributed by atoms with Gasteiger partial charge in [0, 0.05) is 5.69 Å². The fraction of sp³-hybridized carbons (Fsp3) is 0.462. The molecule has 0 saturated heterocycles. The Morgan fingerprint density at radius 2 is 1.84 bits per heavy atom. The first-order chi connectivity index (χ1) is 8.84. The van der Waals surface area contributed by atoms with Gasteiger partial charge in [0.15, 0.2) is 0 Å². The molecular formula is C13H19NO4S. The molecule has 0 bridgehead atoms. The van der Waals surface area contributed by atoms with E-state index in [1.807, 2.05) is 13.8 Å². The van der Waals surface area contributed by atoms with Gasteiger partial charge in [0.2, 0.25) is 10.0 Å². The molecule has 0 aliphatic carbocycles. The van der Waals surface area contributed by atoms with Crippen LogP contribution in [0.5, 0.6) is 0 Å². The van der Waals surface area contributed by atoms with Crippen molar-refractivity contribution < 1.29 is 17.9 Å². The molecule has 0 aliphatic heterocycles. The minimum atomic E-state index is -3.33. The average molecular weight is 285 g/mol. The van der Waals surface area contributed by atoms with E-state index in [9.17, 15) is 13.2 Å². The number of rotatable bonds is 6. The number of carbonyl (C=O) groups is 1. The molecule has 6 heteroatoms. The number of sulfonamides is 1. The standard InChI is InChI=1S/C13H19NO4S/c1-10(2)8-9-19(16,17)14-12-6-4-11(5-7-12)13(15)18-3/h4-7,10,14H,8-9H2,1-3H3. The molecule has 0 radical (unpaired) electrons. The van der Waals surface area contributed by atoms with Crippen molar-refractivity contribution in [3.05, 3.63) is 29.8 Å². The molecule has 0 atom stereocenters. The van der Waals surface area contributed by atoms with E-state index in [2.05, 4.69) is 9.46 Å². The number of anilines is 1. The lowest BCUT2D eigenvalue weighted by Crippen LogP contribution is -2.18. The third kappa shape index (κ3) is 5.30. The van der Waals surface area contributed by atoms with Crippen molar-refractivity contribution in [3.8, 4) is 0 Å². The van der Waals surface area contributed by atoms with Crippen LogP contribution in [0.3, 0.4) is 0 Å². The normalized spacial score (nSPS) is 11.4. The monoisotopic (exact) mass is 285 g/mol. The first-order valence-electron chi connectivity index (χ1n) is 6.03. The van der Waals surface area contributed by atoms with Crippen molar-refractivity contribution in [1.82, 2.24) is 0 Å². The summed E-state index contributed by atoms with van der Waals surface area (Å²) in [6, 6.07) is 6.12. The molecule has 0 amide bonds. The number of ether oxygens (including phenoxy) is 1. The summed E-state index contributed by atoms with van der Waals surface area (Å²) in [5, 5.41) is 0. The first kappa shape index (κ1) is 15.5. The maximum Gasteiger partial charge on any atom is 0.337 e. The Balaban J connectivity index is 2.70. The van der Waals surface area contributed by atoms with Crippen LogP contribution in [-0.2, 0) is 14.8 Å². The molecule has 1 N–H and O–H groups in total. The second-order valence-electron chi connectivity index (χ2n) is 4.67. The minimum Gasteiger partial charge on any atom is -0.465 e. The van der Waals surface area contributed by atoms with Gasteiger partial charge >= 0.3 is 5.97 Å². The van der Waals surface area contributed by atoms with Crippen LogP contribution >= 0.6 is 0 Å². The summed E-state index contributed by atoms with van der Waals surface area (Å²) in [6.07, 6.45) is 0.607. The lowest BCUT2D eigenvalue weighted by molar-refractivity contribution is 0.0601. The highest BCUT2D eigenvalue weighted by molar-refractivity contribution is 7.92. The van der Waals surface area contributed by atoms with Gasteiger partial charge in [0.05, 0.1) is 18.4 Å². The van der Waals surface area contributed by atoms with E-state index in [4.69, 9.17) is 0 Å². The van der Waals surface area contributed by atoms with E-state index in [1.165, 1.54) is 19.2 Å². The van der Waals surface area contributed by atoms with Crippen LogP contribution in [0.4, 0.5) is 5.69 Å². The zero-order valence-electron chi connectivity index (χ0n) is 11.3. The highest BCUT2D eigenvalue weighted by Gasteiger charge is 2.12. The maximum absolute atomic E-state index is 11.8. The molecule has 1 aromatic carbocycles. The van der Waals surface area contributed by atoms with Crippen molar-refractivity contribution in [2.24, 2.45) is 5.92 Å². The molecule has 0 aromatic heterocycles. The molecule has 0 spiro atoms. The summed E-state index contributed by atoms with van der Waals surface area (Å²) >= 11 is 0. The number of carbonyl (C=O) groups excluding carboxylic acids is 1. The van der Waals surface area contributed by atoms with Crippen LogP contribution < -0.4 is 4.72 Å². The number of hydrogen-bond donors (Lipinski definition) is 1. The Bertz CT molecular complexity index is 520. The Hall–Kier alpha value is -1.56. The summed E-state index contributed by atoms with van der Waals surface area (Å²) in [5.41, 5.74) is 0.823. The number of hydrogen-bond acceptors (Lipinski definition) is 4. The number of esters is 1. The Morgan fingerprint density at radius 3 is 2.32 bits per heavy atom. The second-order valence-corrected chi connectivity index (χ2v) is 6.51. The smallest absolute Gasteiger partial charge is 0.337 e. The van der Waals surface area contributed by atoms with E-state index in [0.29, 0.717) is 23.6 Å². The van der Waals surface area contributed by atoms with Crippen LogP contribution in [0.2, 0.25) is 0 Å². The largest absolute Gasteiger partial charge is 0.465 e. The second kappa shape index (κ2) is 6.56. The molecule has 106 valence electrons. The third-order valence-corrected chi connectivity index (χ3v) is 3.86. The highest BCUT2D eigenvalue weighted by atomic mass is 32.2. The van der Waals surface area contributed by atoms with E-state index in [-0.39, 0.29) is 5.75 Å². The van der Waals surface area contributed by atoms with Crippen LogP contribution in [-0.4, -0.2) is 27.2 Å². The molecule has 19 heavy (non-hydrogen) atoms.